The van der Waals surface area contributed by atoms with Gasteiger partial charge in [-0.05, 0) is 12.2 Å². The topological polar surface area (TPSA) is 62.7 Å². The van der Waals surface area contributed by atoms with Crippen molar-refractivity contribution in [2.75, 3.05) is 5.43 Å². The van der Waals surface area contributed by atoms with E-state index < -0.39 is 0 Å². The van der Waals surface area contributed by atoms with Crippen LogP contribution < -0.4 is 5.43 Å². The molecule has 1 aromatic heterocycles. The summed E-state index contributed by atoms with van der Waals surface area (Å²) < 4.78 is 1.74. The molecule has 1 rings (SSSR count). The van der Waals surface area contributed by atoms with Crippen molar-refractivity contribution in [1.82, 2.24) is 14.9 Å². The van der Waals surface area contributed by atoms with E-state index in [0.29, 0.717) is 11.2 Å². The fourth-order valence-corrected chi connectivity index (χ4v) is 0.687. The Balaban J connectivity index is 2.72. The average molecular weight is 172 g/mol. The molecule has 0 fully saturated rings. The summed E-state index contributed by atoms with van der Waals surface area (Å²) in [6.07, 6.45) is 1.84. The van der Waals surface area contributed by atoms with Crippen molar-refractivity contribution in [1.29, 1.82) is 0 Å². The third-order valence-corrected chi connectivity index (χ3v) is 1.41. The highest BCUT2D eigenvalue weighted by Gasteiger charge is 1.97. The number of aromatic nitrogens is 3. The lowest BCUT2D eigenvalue weighted by Gasteiger charge is -2.00. The van der Waals surface area contributed by atoms with Gasteiger partial charge in [-0.2, -0.15) is 5.10 Å². The number of carbonyl (C=O) groups excluding carboxylic acids is 1. The standard InChI is InChI=1S/C5H8N4OS/c1-2-4(10)8-9-3-6-7-5(9)11/h3H,2H2,1H3,(H,7,11)(H,8,10). The monoisotopic (exact) mass is 172 g/mol. The molecule has 1 heterocycles. The molecule has 0 atom stereocenters. The number of aromatic amines is 1. The third-order valence-electron chi connectivity index (χ3n) is 1.12. The lowest BCUT2D eigenvalue weighted by atomic mass is 10.5. The SMILES string of the molecule is CCC(=O)Nn1cn[nH]c1=S. The summed E-state index contributed by atoms with van der Waals surface area (Å²) in [6, 6.07) is 0. The number of amides is 1. The number of carbonyl (C=O) groups is 1. The Bertz CT molecular complexity index is 301. The molecule has 0 aliphatic heterocycles. The summed E-state index contributed by atoms with van der Waals surface area (Å²) in [5.41, 5.74) is 2.52. The second-order valence-electron chi connectivity index (χ2n) is 1.92. The molecule has 1 amide bonds. The number of H-pyrrole nitrogens is 1. The maximum Gasteiger partial charge on any atom is 0.238 e. The van der Waals surface area contributed by atoms with Gasteiger partial charge in [0, 0.05) is 6.42 Å². The molecule has 0 saturated heterocycles. The first-order chi connectivity index (χ1) is 5.24. The predicted molar refractivity (Wildman–Crippen MR) is 42.1 cm³/mol. The van der Waals surface area contributed by atoms with Crippen LogP contribution in [0.3, 0.4) is 0 Å². The summed E-state index contributed by atoms with van der Waals surface area (Å²) in [7, 11) is 0. The first-order valence-electron chi connectivity index (χ1n) is 3.16. The van der Waals surface area contributed by atoms with E-state index in [2.05, 4.69) is 15.6 Å². The van der Waals surface area contributed by atoms with Crippen LogP contribution in [0, 0.1) is 4.77 Å². The molecular weight excluding hydrogens is 164 g/mol. The molecule has 1 aromatic rings. The van der Waals surface area contributed by atoms with Crippen LogP contribution in [0.4, 0.5) is 0 Å². The summed E-state index contributed by atoms with van der Waals surface area (Å²) in [5, 5.41) is 6.14. The second kappa shape index (κ2) is 3.29. The number of nitrogens with one attached hydrogen (secondary N) is 2. The maximum absolute atomic E-state index is 10.8. The molecule has 0 aliphatic rings. The van der Waals surface area contributed by atoms with Crippen molar-refractivity contribution >= 4 is 18.1 Å². The number of hydrogen-bond donors (Lipinski definition) is 2. The molecule has 0 aliphatic carbocycles. The van der Waals surface area contributed by atoms with E-state index >= 15 is 0 Å². The highest BCUT2D eigenvalue weighted by molar-refractivity contribution is 7.71. The van der Waals surface area contributed by atoms with Gasteiger partial charge in [-0.3, -0.25) is 15.3 Å². The van der Waals surface area contributed by atoms with E-state index in [-0.39, 0.29) is 5.91 Å². The van der Waals surface area contributed by atoms with Crippen LogP contribution in [0.5, 0.6) is 0 Å². The van der Waals surface area contributed by atoms with Crippen molar-refractivity contribution in [3.63, 3.8) is 0 Å². The molecule has 11 heavy (non-hydrogen) atoms. The van der Waals surface area contributed by atoms with Gasteiger partial charge in [-0.15, -0.1) is 0 Å². The summed E-state index contributed by atoms with van der Waals surface area (Å²) in [6.45, 7) is 1.76. The highest BCUT2D eigenvalue weighted by atomic mass is 32.1. The zero-order valence-corrected chi connectivity index (χ0v) is 6.81. The minimum Gasteiger partial charge on any atom is -0.273 e. The van der Waals surface area contributed by atoms with Gasteiger partial charge in [-0.25, -0.2) is 4.68 Å². The van der Waals surface area contributed by atoms with Crippen molar-refractivity contribution in [2.45, 2.75) is 13.3 Å². The van der Waals surface area contributed by atoms with E-state index in [1.54, 1.807) is 6.92 Å². The van der Waals surface area contributed by atoms with Gasteiger partial charge in [0.15, 0.2) is 0 Å². The number of nitrogens with zero attached hydrogens (tertiary/aromatic N) is 2. The molecule has 0 bridgehead atoms. The van der Waals surface area contributed by atoms with Crippen LogP contribution >= 0.6 is 12.2 Å². The number of rotatable bonds is 2. The first kappa shape index (κ1) is 7.93. The summed E-state index contributed by atoms with van der Waals surface area (Å²) in [5.74, 6) is -0.0949. The van der Waals surface area contributed by atoms with Gasteiger partial charge >= 0.3 is 0 Å². The second-order valence-corrected chi connectivity index (χ2v) is 2.31. The molecular formula is C5H8N4OS. The van der Waals surface area contributed by atoms with Gasteiger partial charge in [0.05, 0.1) is 0 Å². The molecule has 0 spiro atoms. The summed E-state index contributed by atoms with van der Waals surface area (Å²) in [4.78, 5) is 10.8. The Labute approximate surface area is 68.4 Å². The quantitative estimate of drug-likeness (QED) is 0.635. The van der Waals surface area contributed by atoms with E-state index in [4.69, 9.17) is 12.2 Å². The first-order valence-corrected chi connectivity index (χ1v) is 3.56. The minimum absolute atomic E-state index is 0.0949. The Morgan fingerprint density at radius 3 is 3.18 bits per heavy atom. The van der Waals surface area contributed by atoms with E-state index in [9.17, 15) is 4.79 Å². The van der Waals surface area contributed by atoms with Crippen LogP contribution in [0.25, 0.3) is 0 Å². The maximum atomic E-state index is 10.8. The van der Waals surface area contributed by atoms with Crippen LogP contribution in [0.2, 0.25) is 0 Å². The molecule has 0 radical (unpaired) electrons. The van der Waals surface area contributed by atoms with Gasteiger partial charge in [-0.1, -0.05) is 6.92 Å². The van der Waals surface area contributed by atoms with Crippen molar-refractivity contribution in [2.24, 2.45) is 0 Å². The zero-order chi connectivity index (χ0) is 8.27. The third kappa shape index (κ3) is 1.87. The molecule has 0 saturated carbocycles. The fourth-order valence-electron chi connectivity index (χ4n) is 0.541. The van der Waals surface area contributed by atoms with Crippen LogP contribution in [0.15, 0.2) is 6.33 Å². The number of hydrogen-bond acceptors (Lipinski definition) is 3. The van der Waals surface area contributed by atoms with Gasteiger partial charge in [0.25, 0.3) is 0 Å². The molecule has 5 nitrogen and oxygen atoms in total. The average Bonchev–Trinajstić information content (AvgIpc) is 2.37. The zero-order valence-electron chi connectivity index (χ0n) is 6.00. The van der Waals surface area contributed by atoms with Gasteiger partial charge in [0.1, 0.15) is 6.33 Å². The smallest absolute Gasteiger partial charge is 0.238 e. The normalized spacial score (nSPS) is 9.55. The van der Waals surface area contributed by atoms with E-state index in [1.165, 1.54) is 11.0 Å². The minimum atomic E-state index is -0.0949. The van der Waals surface area contributed by atoms with Crippen molar-refractivity contribution < 1.29 is 4.79 Å². The van der Waals surface area contributed by atoms with Crippen LogP contribution in [-0.2, 0) is 4.79 Å². The fraction of sp³-hybridized carbons (Fsp3) is 0.400. The molecule has 0 aromatic carbocycles. The molecule has 0 unspecified atom stereocenters. The molecule has 2 N–H and O–H groups in total. The largest absolute Gasteiger partial charge is 0.273 e. The Morgan fingerprint density at radius 2 is 2.73 bits per heavy atom. The van der Waals surface area contributed by atoms with Gasteiger partial charge in [0.2, 0.25) is 10.7 Å². The Kier molecular flexibility index (Phi) is 2.37. The van der Waals surface area contributed by atoms with Crippen molar-refractivity contribution in [3.05, 3.63) is 11.1 Å². The van der Waals surface area contributed by atoms with Crippen LogP contribution in [-0.4, -0.2) is 20.8 Å². The Morgan fingerprint density at radius 1 is 2.00 bits per heavy atom. The van der Waals surface area contributed by atoms with E-state index in [0.717, 1.165) is 0 Å². The molecule has 60 valence electrons. The van der Waals surface area contributed by atoms with Crippen LogP contribution in [0.1, 0.15) is 13.3 Å². The summed E-state index contributed by atoms with van der Waals surface area (Å²) >= 11 is 4.78. The van der Waals surface area contributed by atoms with Crippen molar-refractivity contribution in [3.8, 4) is 0 Å². The lowest BCUT2D eigenvalue weighted by molar-refractivity contribution is -0.116. The highest BCUT2D eigenvalue weighted by Crippen LogP contribution is 1.83. The Hall–Kier alpha value is -1.17. The lowest BCUT2D eigenvalue weighted by Crippen LogP contribution is -2.20. The van der Waals surface area contributed by atoms with Gasteiger partial charge < -0.3 is 0 Å². The van der Waals surface area contributed by atoms with E-state index in [1.807, 2.05) is 0 Å². The molecule has 6 heteroatoms. The predicted octanol–water partition coefficient (Wildman–Crippen LogP) is 0.421.